The molecule has 130 valence electrons. The number of para-hydroxylation sites is 2. The van der Waals surface area contributed by atoms with Crippen LogP contribution in [0.15, 0.2) is 66.7 Å². The monoisotopic (exact) mass is 364 g/mol. The molecule has 0 radical (unpaired) electrons. The molecule has 4 rings (SSSR count). The number of rotatable bonds is 5. The highest BCUT2D eigenvalue weighted by atomic mass is 35.5. The highest BCUT2D eigenvalue weighted by molar-refractivity contribution is 6.30. The largest absolute Gasteiger partial charge is 0.493 e. The van der Waals surface area contributed by atoms with Crippen LogP contribution in [0.5, 0.6) is 11.5 Å². The summed E-state index contributed by atoms with van der Waals surface area (Å²) >= 11 is 6.02. The van der Waals surface area contributed by atoms with Crippen molar-refractivity contribution in [1.82, 2.24) is 9.97 Å². The van der Waals surface area contributed by atoms with Gasteiger partial charge in [0.25, 0.3) is 0 Å². The zero-order chi connectivity index (χ0) is 17.9. The Balaban J connectivity index is 1.59. The molecule has 0 aliphatic heterocycles. The highest BCUT2D eigenvalue weighted by Gasteiger charge is 2.10. The van der Waals surface area contributed by atoms with Gasteiger partial charge in [-0.15, -0.1) is 0 Å². The summed E-state index contributed by atoms with van der Waals surface area (Å²) in [6.45, 7) is 0.418. The topological polar surface area (TPSA) is 47.1 Å². The van der Waals surface area contributed by atoms with Crippen LogP contribution in [-0.2, 0) is 6.61 Å². The summed E-state index contributed by atoms with van der Waals surface area (Å²) in [6, 6.07) is 21.3. The fraction of sp³-hybridized carbons (Fsp3) is 0.0952. The number of methoxy groups -OCH3 is 1. The van der Waals surface area contributed by atoms with E-state index in [9.17, 15) is 0 Å². The van der Waals surface area contributed by atoms with Gasteiger partial charge in [-0.1, -0.05) is 35.9 Å². The van der Waals surface area contributed by atoms with E-state index in [1.165, 1.54) is 0 Å². The van der Waals surface area contributed by atoms with Crippen LogP contribution in [0.1, 0.15) is 5.56 Å². The van der Waals surface area contributed by atoms with Crippen molar-refractivity contribution in [3.8, 4) is 22.9 Å². The Labute approximate surface area is 156 Å². The summed E-state index contributed by atoms with van der Waals surface area (Å²) in [5.41, 5.74) is 3.87. The number of hydrogen-bond donors (Lipinski definition) is 1. The molecule has 0 fully saturated rings. The second-order valence-corrected chi connectivity index (χ2v) is 6.32. The fourth-order valence-electron chi connectivity index (χ4n) is 2.81. The molecule has 4 nitrogen and oxygen atoms in total. The zero-order valence-electron chi connectivity index (χ0n) is 14.2. The minimum absolute atomic E-state index is 0.418. The molecule has 0 atom stereocenters. The van der Waals surface area contributed by atoms with Crippen LogP contribution in [0, 0.1) is 0 Å². The molecular formula is C21H17ClN2O2. The van der Waals surface area contributed by atoms with Crippen LogP contribution in [0.2, 0.25) is 5.02 Å². The lowest BCUT2D eigenvalue weighted by molar-refractivity contribution is 0.284. The number of benzene rings is 3. The van der Waals surface area contributed by atoms with Crippen LogP contribution in [-0.4, -0.2) is 17.1 Å². The summed E-state index contributed by atoms with van der Waals surface area (Å²) in [4.78, 5) is 7.95. The molecule has 1 heterocycles. The fourth-order valence-corrected chi connectivity index (χ4v) is 3.02. The van der Waals surface area contributed by atoms with Crippen molar-refractivity contribution >= 4 is 22.6 Å². The van der Waals surface area contributed by atoms with Crippen molar-refractivity contribution in [3.63, 3.8) is 0 Å². The Morgan fingerprint density at radius 2 is 1.85 bits per heavy atom. The Bertz CT molecular complexity index is 1030. The molecule has 1 N–H and O–H groups in total. The predicted molar refractivity (Wildman–Crippen MR) is 104 cm³/mol. The smallest absolute Gasteiger partial charge is 0.161 e. The van der Waals surface area contributed by atoms with Gasteiger partial charge in [0.1, 0.15) is 12.4 Å². The number of halogens is 1. The summed E-state index contributed by atoms with van der Waals surface area (Å²) in [5, 5.41) is 0.693. The average molecular weight is 365 g/mol. The van der Waals surface area contributed by atoms with Crippen molar-refractivity contribution in [2.45, 2.75) is 6.61 Å². The summed E-state index contributed by atoms with van der Waals surface area (Å²) < 4.78 is 11.4. The molecule has 3 aromatic carbocycles. The van der Waals surface area contributed by atoms with Crippen molar-refractivity contribution in [1.29, 1.82) is 0 Å². The molecule has 0 saturated heterocycles. The van der Waals surface area contributed by atoms with E-state index in [2.05, 4.69) is 9.97 Å². The third-order valence-electron chi connectivity index (χ3n) is 4.11. The SMILES string of the molecule is COc1cc(-c2nc3ccccc3[nH]2)ccc1OCc1cccc(Cl)c1. The van der Waals surface area contributed by atoms with Crippen LogP contribution in [0.4, 0.5) is 0 Å². The Hall–Kier alpha value is -2.98. The number of H-pyrrole nitrogens is 1. The highest BCUT2D eigenvalue weighted by Crippen LogP contribution is 2.33. The van der Waals surface area contributed by atoms with E-state index >= 15 is 0 Å². The maximum atomic E-state index is 6.02. The van der Waals surface area contributed by atoms with E-state index < -0.39 is 0 Å². The van der Waals surface area contributed by atoms with Gasteiger partial charge in [-0.05, 0) is 48.0 Å². The van der Waals surface area contributed by atoms with Gasteiger partial charge < -0.3 is 14.5 Å². The van der Waals surface area contributed by atoms with Crippen LogP contribution in [0.25, 0.3) is 22.4 Å². The number of imidazole rings is 1. The molecule has 0 aliphatic rings. The first kappa shape index (κ1) is 16.5. The number of fused-ring (bicyclic) bond motifs is 1. The number of hydrogen-bond acceptors (Lipinski definition) is 3. The second kappa shape index (κ2) is 7.10. The summed E-state index contributed by atoms with van der Waals surface area (Å²) in [6.07, 6.45) is 0. The molecule has 0 spiro atoms. The van der Waals surface area contributed by atoms with Crippen molar-refractivity contribution in [3.05, 3.63) is 77.3 Å². The Morgan fingerprint density at radius 3 is 2.65 bits per heavy atom. The molecular weight excluding hydrogens is 348 g/mol. The molecule has 0 aliphatic carbocycles. The molecule has 4 aromatic rings. The van der Waals surface area contributed by atoms with E-state index in [0.29, 0.717) is 23.1 Å². The first-order valence-electron chi connectivity index (χ1n) is 8.23. The number of aromatic nitrogens is 2. The van der Waals surface area contributed by atoms with Gasteiger partial charge in [0.15, 0.2) is 11.5 Å². The van der Waals surface area contributed by atoms with Crippen molar-refractivity contribution in [2.75, 3.05) is 7.11 Å². The Morgan fingerprint density at radius 1 is 0.962 bits per heavy atom. The van der Waals surface area contributed by atoms with E-state index in [0.717, 1.165) is 28.0 Å². The maximum Gasteiger partial charge on any atom is 0.161 e. The average Bonchev–Trinajstić information content (AvgIpc) is 3.10. The normalized spacial score (nSPS) is 10.8. The van der Waals surface area contributed by atoms with E-state index in [-0.39, 0.29) is 0 Å². The maximum absolute atomic E-state index is 6.02. The van der Waals surface area contributed by atoms with Crippen LogP contribution < -0.4 is 9.47 Å². The number of ether oxygens (including phenoxy) is 2. The second-order valence-electron chi connectivity index (χ2n) is 5.89. The van der Waals surface area contributed by atoms with Gasteiger partial charge in [-0.2, -0.15) is 0 Å². The molecule has 0 amide bonds. The third-order valence-corrected chi connectivity index (χ3v) is 4.34. The zero-order valence-corrected chi connectivity index (χ0v) is 15.0. The minimum atomic E-state index is 0.418. The lowest BCUT2D eigenvalue weighted by Crippen LogP contribution is -1.98. The van der Waals surface area contributed by atoms with E-state index in [1.54, 1.807) is 7.11 Å². The van der Waals surface area contributed by atoms with Crippen LogP contribution in [0.3, 0.4) is 0 Å². The van der Waals surface area contributed by atoms with Crippen molar-refractivity contribution < 1.29 is 9.47 Å². The van der Waals surface area contributed by atoms with Gasteiger partial charge >= 0.3 is 0 Å². The van der Waals surface area contributed by atoms with E-state index in [4.69, 9.17) is 21.1 Å². The summed E-state index contributed by atoms with van der Waals surface area (Å²) in [7, 11) is 1.63. The molecule has 0 bridgehead atoms. The molecule has 1 aromatic heterocycles. The van der Waals surface area contributed by atoms with Gasteiger partial charge in [0.05, 0.1) is 18.1 Å². The third kappa shape index (κ3) is 3.37. The first-order chi connectivity index (χ1) is 12.7. The van der Waals surface area contributed by atoms with Gasteiger partial charge in [-0.3, -0.25) is 0 Å². The lowest BCUT2D eigenvalue weighted by Gasteiger charge is -2.12. The van der Waals surface area contributed by atoms with Gasteiger partial charge in [0, 0.05) is 10.6 Å². The van der Waals surface area contributed by atoms with Crippen molar-refractivity contribution in [2.24, 2.45) is 0 Å². The number of aromatic amines is 1. The molecule has 0 saturated carbocycles. The minimum Gasteiger partial charge on any atom is -0.493 e. The summed E-state index contributed by atoms with van der Waals surface area (Å²) in [5.74, 6) is 2.13. The molecule has 0 unspecified atom stereocenters. The van der Waals surface area contributed by atoms with Gasteiger partial charge in [0.2, 0.25) is 0 Å². The number of nitrogens with one attached hydrogen (secondary N) is 1. The predicted octanol–water partition coefficient (Wildman–Crippen LogP) is 5.47. The number of nitrogens with zero attached hydrogens (tertiary/aromatic N) is 1. The Kier molecular flexibility index (Phi) is 4.50. The van der Waals surface area contributed by atoms with Crippen LogP contribution >= 0.6 is 11.6 Å². The standard InChI is InChI=1S/C21H17ClN2O2/c1-25-20-12-15(21-23-17-7-2-3-8-18(17)24-21)9-10-19(20)26-13-14-5-4-6-16(22)11-14/h2-12H,13H2,1H3,(H,23,24). The molecule has 5 heteroatoms. The lowest BCUT2D eigenvalue weighted by atomic mass is 10.2. The quantitative estimate of drug-likeness (QED) is 0.510. The molecule has 26 heavy (non-hydrogen) atoms. The first-order valence-corrected chi connectivity index (χ1v) is 8.61. The van der Waals surface area contributed by atoms with Gasteiger partial charge in [-0.25, -0.2) is 4.98 Å². The van der Waals surface area contributed by atoms with E-state index in [1.807, 2.05) is 66.7 Å².